The molecule has 0 atom stereocenters. The lowest BCUT2D eigenvalue weighted by Crippen LogP contribution is -2.09. The Hall–Kier alpha value is -1.62. The van der Waals surface area contributed by atoms with E-state index in [4.69, 9.17) is 9.84 Å². The van der Waals surface area contributed by atoms with Crippen molar-refractivity contribution in [2.45, 2.75) is 0 Å². The van der Waals surface area contributed by atoms with Gasteiger partial charge in [-0.15, -0.1) is 0 Å². The van der Waals surface area contributed by atoms with Crippen molar-refractivity contribution >= 4 is 27.6 Å². The van der Waals surface area contributed by atoms with Crippen LogP contribution in [0.4, 0.5) is 0 Å². The van der Waals surface area contributed by atoms with Gasteiger partial charge in [-0.05, 0) is 29.7 Å². The highest BCUT2D eigenvalue weighted by Crippen LogP contribution is 2.23. The zero-order chi connectivity index (χ0) is 9.97. The number of fused-ring (bicyclic) bond motifs is 1. The number of rotatable bonds is 3. The average Bonchev–Trinajstić information content (AvgIpc) is 2.61. The number of carboxylic acids is 1. The fourth-order valence-corrected chi connectivity index (χ4v) is 1.71. The van der Waals surface area contributed by atoms with E-state index in [1.807, 2.05) is 6.07 Å². The monoisotopic (exact) mass is 209 g/mol. The third-order valence-electron chi connectivity index (χ3n) is 1.69. The molecule has 0 unspecified atom stereocenters. The summed E-state index contributed by atoms with van der Waals surface area (Å²) in [6.45, 7) is -0.316. The predicted octanol–water partition coefficient (Wildman–Crippen LogP) is 1.76. The summed E-state index contributed by atoms with van der Waals surface area (Å²) in [6, 6.07) is 5.38. The molecule has 0 amide bonds. The minimum Gasteiger partial charge on any atom is -0.482 e. The summed E-state index contributed by atoms with van der Waals surface area (Å²) in [5.74, 6) is -0.423. The minimum absolute atomic E-state index is 0.316. The molecule has 1 heterocycles. The fraction of sp³-hybridized carbons (Fsp3) is 0.111. The molecular formula is C9H7NO3S. The van der Waals surface area contributed by atoms with E-state index < -0.39 is 5.97 Å². The number of aliphatic carboxylic acids is 1. The van der Waals surface area contributed by atoms with E-state index in [1.54, 1.807) is 18.3 Å². The second kappa shape index (κ2) is 3.63. The van der Waals surface area contributed by atoms with Crippen LogP contribution in [0.15, 0.2) is 24.4 Å². The maximum absolute atomic E-state index is 10.3. The second-order valence-electron chi connectivity index (χ2n) is 2.71. The van der Waals surface area contributed by atoms with Crippen molar-refractivity contribution in [3.8, 4) is 5.75 Å². The number of nitrogens with zero attached hydrogens (tertiary/aromatic N) is 1. The Balaban J connectivity index is 2.21. The Morgan fingerprint density at radius 2 is 2.43 bits per heavy atom. The van der Waals surface area contributed by atoms with Crippen LogP contribution in [0.2, 0.25) is 0 Å². The molecule has 0 saturated carbocycles. The van der Waals surface area contributed by atoms with Crippen LogP contribution in [0.3, 0.4) is 0 Å². The van der Waals surface area contributed by atoms with E-state index >= 15 is 0 Å². The summed E-state index contributed by atoms with van der Waals surface area (Å²) in [6.07, 6.45) is 1.73. The van der Waals surface area contributed by atoms with Gasteiger partial charge in [0.05, 0.1) is 4.70 Å². The van der Waals surface area contributed by atoms with Gasteiger partial charge in [-0.1, -0.05) is 0 Å². The Morgan fingerprint density at radius 1 is 1.57 bits per heavy atom. The van der Waals surface area contributed by atoms with Crippen molar-refractivity contribution in [2.75, 3.05) is 6.61 Å². The number of benzene rings is 1. The molecule has 0 spiro atoms. The van der Waals surface area contributed by atoms with E-state index in [2.05, 4.69) is 4.37 Å². The maximum Gasteiger partial charge on any atom is 0.341 e. The van der Waals surface area contributed by atoms with Gasteiger partial charge in [-0.3, -0.25) is 0 Å². The topological polar surface area (TPSA) is 59.4 Å². The lowest BCUT2D eigenvalue weighted by atomic mass is 10.3. The normalized spacial score (nSPS) is 10.3. The van der Waals surface area contributed by atoms with Gasteiger partial charge in [0.1, 0.15) is 5.75 Å². The highest BCUT2D eigenvalue weighted by atomic mass is 32.1. The van der Waals surface area contributed by atoms with E-state index in [1.165, 1.54) is 11.5 Å². The molecule has 0 aliphatic carbocycles. The number of carbonyl (C=O) groups is 1. The fourth-order valence-electron chi connectivity index (χ4n) is 1.09. The SMILES string of the molecule is O=C(O)COc1ccc2sncc2c1. The van der Waals surface area contributed by atoms with Crippen molar-refractivity contribution in [3.63, 3.8) is 0 Å². The smallest absolute Gasteiger partial charge is 0.341 e. The van der Waals surface area contributed by atoms with Gasteiger partial charge in [0, 0.05) is 11.6 Å². The molecule has 1 aromatic heterocycles. The summed E-state index contributed by atoms with van der Waals surface area (Å²) < 4.78 is 10.1. The van der Waals surface area contributed by atoms with Gasteiger partial charge >= 0.3 is 5.97 Å². The van der Waals surface area contributed by atoms with Crippen molar-refractivity contribution < 1.29 is 14.6 Å². The van der Waals surface area contributed by atoms with Crippen LogP contribution in [0.5, 0.6) is 5.75 Å². The van der Waals surface area contributed by atoms with Gasteiger partial charge in [0.25, 0.3) is 0 Å². The number of hydrogen-bond acceptors (Lipinski definition) is 4. The van der Waals surface area contributed by atoms with Crippen molar-refractivity contribution in [3.05, 3.63) is 24.4 Å². The third-order valence-corrected chi connectivity index (χ3v) is 2.47. The largest absolute Gasteiger partial charge is 0.482 e. The number of ether oxygens (including phenoxy) is 1. The molecule has 4 nitrogen and oxygen atoms in total. The van der Waals surface area contributed by atoms with Gasteiger partial charge in [-0.2, -0.15) is 4.37 Å². The molecule has 0 saturated heterocycles. The summed E-state index contributed by atoms with van der Waals surface area (Å²) in [7, 11) is 0. The first-order valence-electron chi connectivity index (χ1n) is 3.95. The van der Waals surface area contributed by atoms with E-state index in [0.717, 1.165) is 10.1 Å². The van der Waals surface area contributed by atoms with Gasteiger partial charge < -0.3 is 9.84 Å². The van der Waals surface area contributed by atoms with Crippen molar-refractivity contribution in [1.29, 1.82) is 0 Å². The molecule has 0 aliphatic heterocycles. The summed E-state index contributed by atoms with van der Waals surface area (Å²) in [4.78, 5) is 10.3. The molecule has 0 radical (unpaired) electrons. The van der Waals surface area contributed by atoms with Crippen LogP contribution in [0.1, 0.15) is 0 Å². The average molecular weight is 209 g/mol. The molecule has 2 aromatic rings. The Labute approximate surface area is 83.9 Å². The van der Waals surface area contributed by atoms with Crippen LogP contribution >= 0.6 is 11.5 Å². The van der Waals surface area contributed by atoms with Crippen molar-refractivity contribution in [1.82, 2.24) is 4.37 Å². The molecule has 0 bridgehead atoms. The van der Waals surface area contributed by atoms with Crippen LogP contribution in [-0.2, 0) is 4.79 Å². The summed E-state index contributed by atoms with van der Waals surface area (Å²) in [5, 5.41) is 9.38. The second-order valence-corrected chi connectivity index (χ2v) is 3.54. The number of aromatic nitrogens is 1. The Morgan fingerprint density at radius 3 is 3.21 bits per heavy atom. The van der Waals surface area contributed by atoms with E-state index in [-0.39, 0.29) is 6.61 Å². The highest BCUT2D eigenvalue weighted by Gasteiger charge is 2.01. The molecule has 14 heavy (non-hydrogen) atoms. The molecule has 2 rings (SSSR count). The molecule has 72 valence electrons. The van der Waals surface area contributed by atoms with Gasteiger partial charge in [0.2, 0.25) is 0 Å². The van der Waals surface area contributed by atoms with E-state index in [9.17, 15) is 4.79 Å². The first-order chi connectivity index (χ1) is 6.75. The van der Waals surface area contributed by atoms with E-state index in [0.29, 0.717) is 5.75 Å². The van der Waals surface area contributed by atoms with Crippen molar-refractivity contribution in [2.24, 2.45) is 0 Å². The minimum atomic E-state index is -0.978. The summed E-state index contributed by atoms with van der Waals surface area (Å²) >= 11 is 1.40. The molecular weight excluding hydrogens is 202 g/mol. The quantitative estimate of drug-likeness (QED) is 0.836. The first-order valence-corrected chi connectivity index (χ1v) is 4.72. The van der Waals surface area contributed by atoms with Gasteiger partial charge in [0.15, 0.2) is 6.61 Å². The lowest BCUT2D eigenvalue weighted by molar-refractivity contribution is -0.139. The number of hydrogen-bond donors (Lipinski definition) is 1. The highest BCUT2D eigenvalue weighted by molar-refractivity contribution is 7.13. The Bertz CT molecular complexity index is 466. The molecule has 1 aromatic carbocycles. The predicted molar refractivity (Wildman–Crippen MR) is 52.8 cm³/mol. The summed E-state index contributed by atoms with van der Waals surface area (Å²) in [5.41, 5.74) is 0. The van der Waals surface area contributed by atoms with Crippen LogP contribution < -0.4 is 4.74 Å². The first kappa shape index (κ1) is 8.96. The van der Waals surface area contributed by atoms with Gasteiger partial charge in [-0.25, -0.2) is 4.79 Å². The molecule has 5 heteroatoms. The molecule has 0 fully saturated rings. The third kappa shape index (κ3) is 1.82. The number of carboxylic acid groups (broad SMARTS) is 1. The van der Waals surface area contributed by atoms with Crippen LogP contribution in [0.25, 0.3) is 10.1 Å². The zero-order valence-electron chi connectivity index (χ0n) is 7.14. The van der Waals surface area contributed by atoms with Crippen LogP contribution in [0, 0.1) is 0 Å². The molecule has 0 aliphatic rings. The Kier molecular flexibility index (Phi) is 2.32. The molecule has 1 N–H and O–H groups in total. The standard InChI is InChI=1S/C9H7NO3S/c11-9(12)5-13-7-1-2-8-6(3-7)4-10-14-8/h1-4H,5H2,(H,11,12). The lowest BCUT2D eigenvalue weighted by Gasteiger charge is -2.01. The van der Waals surface area contributed by atoms with Crippen LogP contribution in [-0.4, -0.2) is 22.1 Å². The maximum atomic E-state index is 10.3. The zero-order valence-corrected chi connectivity index (χ0v) is 7.95.